The number of ether oxygens (including phenoxy) is 1. The highest BCUT2D eigenvalue weighted by molar-refractivity contribution is 5.85. The highest BCUT2D eigenvalue weighted by Gasteiger charge is 2.41. The van der Waals surface area contributed by atoms with Gasteiger partial charge in [-0.1, -0.05) is 18.2 Å². The molecule has 0 aliphatic carbocycles. The predicted molar refractivity (Wildman–Crippen MR) is 135 cm³/mol. The Morgan fingerprint density at radius 2 is 1.86 bits per heavy atom. The molecule has 1 saturated heterocycles. The molecule has 0 amide bonds. The Kier molecular flexibility index (Phi) is 7.24. The van der Waals surface area contributed by atoms with Gasteiger partial charge in [0.2, 0.25) is 0 Å². The molecule has 5 rings (SSSR count). The summed E-state index contributed by atoms with van der Waals surface area (Å²) in [6, 6.07) is 9.16. The highest BCUT2D eigenvalue weighted by Crippen LogP contribution is 2.43. The third-order valence-corrected chi connectivity index (χ3v) is 7.63. The van der Waals surface area contributed by atoms with Crippen molar-refractivity contribution in [1.82, 2.24) is 14.8 Å². The minimum atomic E-state index is -1.45. The Balaban J connectivity index is 1.47. The summed E-state index contributed by atoms with van der Waals surface area (Å²) >= 11 is 0. The summed E-state index contributed by atoms with van der Waals surface area (Å²) < 4.78 is 49.7. The third kappa shape index (κ3) is 5.10. The first-order valence-corrected chi connectivity index (χ1v) is 12.8. The summed E-state index contributed by atoms with van der Waals surface area (Å²) in [5, 5.41) is 21.4. The van der Waals surface area contributed by atoms with Crippen LogP contribution in [0.3, 0.4) is 0 Å². The number of aromatic amines is 1. The second-order valence-corrected chi connectivity index (χ2v) is 10.8. The summed E-state index contributed by atoms with van der Waals surface area (Å²) in [5.41, 5.74) is 0.966. The lowest BCUT2D eigenvalue weighted by molar-refractivity contribution is -0.0437. The molecule has 1 aromatic heterocycles. The smallest absolute Gasteiger partial charge is 0.135 e. The van der Waals surface area contributed by atoms with E-state index in [1.807, 2.05) is 41.0 Å². The maximum Gasteiger partial charge on any atom is 0.135 e. The molecule has 3 aromatic rings. The average molecular weight is 518 g/mol. The number of alkyl halides is 1. The van der Waals surface area contributed by atoms with Gasteiger partial charge in [-0.25, -0.2) is 8.78 Å². The minimum Gasteiger partial charge on any atom is -0.492 e. The molecule has 3 atom stereocenters. The van der Waals surface area contributed by atoms with E-state index in [4.69, 9.17) is 4.74 Å². The molecule has 0 radical (unpaired) electrons. The first kappa shape index (κ1) is 26.0. The van der Waals surface area contributed by atoms with Crippen molar-refractivity contribution >= 4 is 10.9 Å². The number of benzene rings is 2. The van der Waals surface area contributed by atoms with Crippen molar-refractivity contribution in [3.8, 4) is 5.75 Å². The molecule has 9 heteroatoms. The number of fused-ring (bicyclic) bond motifs is 3. The number of nitrogens with one attached hydrogen (secondary N) is 1. The number of aromatic nitrogens is 1. The van der Waals surface area contributed by atoms with Crippen molar-refractivity contribution in [3.05, 3.63) is 64.9 Å². The fourth-order valence-corrected chi connectivity index (χ4v) is 5.66. The maximum absolute atomic E-state index is 15.7. The Morgan fingerprint density at radius 3 is 2.54 bits per heavy atom. The van der Waals surface area contributed by atoms with Crippen LogP contribution in [0.25, 0.3) is 10.9 Å². The summed E-state index contributed by atoms with van der Waals surface area (Å²) in [6.07, 6.45) is 0.627. The number of likely N-dealkylation sites (tertiary alicyclic amines) is 1. The van der Waals surface area contributed by atoms with Crippen LogP contribution in [0.2, 0.25) is 0 Å². The van der Waals surface area contributed by atoms with E-state index in [2.05, 4.69) is 4.98 Å². The Bertz CT molecular complexity index is 1230. The van der Waals surface area contributed by atoms with E-state index < -0.39 is 29.9 Å². The minimum absolute atomic E-state index is 0.0248. The van der Waals surface area contributed by atoms with Crippen molar-refractivity contribution in [2.75, 3.05) is 46.1 Å². The quantitative estimate of drug-likeness (QED) is 0.403. The summed E-state index contributed by atoms with van der Waals surface area (Å²) in [4.78, 5) is 7.26. The van der Waals surface area contributed by atoms with E-state index in [0.717, 1.165) is 16.5 Å². The van der Waals surface area contributed by atoms with Crippen molar-refractivity contribution in [3.63, 3.8) is 0 Å². The number of aliphatic hydroxyl groups is 2. The number of β-amino-alcohol motifs (C(OH)–C–C–N with tert-alkyl or cyclic N) is 1. The number of nitrogens with zero attached hydrogens (tertiary/aromatic N) is 2. The molecule has 200 valence electrons. The zero-order valence-electron chi connectivity index (χ0n) is 21.2. The molecule has 37 heavy (non-hydrogen) atoms. The summed E-state index contributed by atoms with van der Waals surface area (Å²) in [7, 11) is 0. The average Bonchev–Trinajstić information content (AvgIpc) is 3.20. The van der Waals surface area contributed by atoms with Crippen LogP contribution in [0.15, 0.2) is 36.4 Å². The topological polar surface area (TPSA) is 72.0 Å². The second kappa shape index (κ2) is 10.3. The van der Waals surface area contributed by atoms with Crippen LogP contribution < -0.4 is 4.74 Å². The lowest BCUT2D eigenvalue weighted by atomic mass is 9.87. The fraction of sp³-hybridized carbons (Fsp3) is 0.500. The van der Waals surface area contributed by atoms with Gasteiger partial charge in [0, 0.05) is 72.4 Å². The molecule has 3 heterocycles. The first-order valence-electron chi connectivity index (χ1n) is 12.8. The fourth-order valence-electron chi connectivity index (χ4n) is 5.66. The molecule has 0 saturated carbocycles. The van der Waals surface area contributed by atoms with Crippen molar-refractivity contribution < 1.29 is 28.1 Å². The van der Waals surface area contributed by atoms with Gasteiger partial charge in [0.1, 0.15) is 24.0 Å². The van der Waals surface area contributed by atoms with E-state index in [-0.39, 0.29) is 43.1 Å². The van der Waals surface area contributed by atoms with E-state index in [1.165, 1.54) is 19.1 Å². The zero-order valence-corrected chi connectivity index (χ0v) is 21.2. The van der Waals surface area contributed by atoms with Gasteiger partial charge in [-0.15, -0.1) is 0 Å². The molecule has 2 aromatic carbocycles. The van der Waals surface area contributed by atoms with Crippen molar-refractivity contribution in [2.45, 2.75) is 38.0 Å². The lowest BCUT2D eigenvalue weighted by Crippen LogP contribution is -2.51. The Labute approximate surface area is 214 Å². The molecular weight excluding hydrogens is 483 g/mol. The number of rotatable bonds is 9. The van der Waals surface area contributed by atoms with Crippen LogP contribution in [0.4, 0.5) is 13.2 Å². The Morgan fingerprint density at radius 1 is 1.16 bits per heavy atom. The molecule has 2 aliphatic heterocycles. The molecule has 0 unspecified atom stereocenters. The van der Waals surface area contributed by atoms with Gasteiger partial charge in [0.05, 0.1) is 24.9 Å². The van der Waals surface area contributed by atoms with Gasteiger partial charge in [-0.05, 0) is 31.9 Å². The molecule has 3 N–H and O–H groups in total. The van der Waals surface area contributed by atoms with Crippen LogP contribution in [-0.2, 0) is 6.42 Å². The van der Waals surface area contributed by atoms with Gasteiger partial charge in [0.15, 0.2) is 0 Å². The Hall–Kier alpha value is -2.59. The number of para-hydroxylation sites is 1. The maximum atomic E-state index is 15.7. The van der Waals surface area contributed by atoms with E-state index >= 15 is 8.78 Å². The SMILES string of the molecule is C[C@@H]1Cc2c([nH]c3ccccc23)[C@@H](c2c(F)cc(OCCN3CC(CF)C3)cc2F)N1C[C@](C)(O)CO. The van der Waals surface area contributed by atoms with Crippen LogP contribution in [0.5, 0.6) is 5.75 Å². The molecule has 0 bridgehead atoms. The predicted octanol–water partition coefficient (Wildman–Crippen LogP) is 3.81. The monoisotopic (exact) mass is 517 g/mol. The number of H-pyrrole nitrogens is 1. The van der Waals surface area contributed by atoms with Gasteiger partial charge in [-0.3, -0.25) is 14.2 Å². The van der Waals surface area contributed by atoms with Gasteiger partial charge in [-0.2, -0.15) is 0 Å². The van der Waals surface area contributed by atoms with E-state index in [9.17, 15) is 14.6 Å². The molecule has 0 spiro atoms. The van der Waals surface area contributed by atoms with Gasteiger partial charge >= 0.3 is 0 Å². The van der Waals surface area contributed by atoms with Crippen molar-refractivity contribution in [2.24, 2.45) is 5.92 Å². The summed E-state index contributed by atoms with van der Waals surface area (Å²) in [6.45, 7) is 4.82. The highest BCUT2D eigenvalue weighted by atomic mass is 19.1. The summed E-state index contributed by atoms with van der Waals surface area (Å²) in [5.74, 6) is -1.32. The van der Waals surface area contributed by atoms with Crippen LogP contribution in [0, 0.1) is 17.6 Å². The number of hydrogen-bond donors (Lipinski definition) is 3. The third-order valence-electron chi connectivity index (χ3n) is 7.63. The van der Waals surface area contributed by atoms with Crippen LogP contribution in [-0.4, -0.2) is 82.7 Å². The molecule has 6 nitrogen and oxygen atoms in total. The number of halogens is 3. The van der Waals surface area contributed by atoms with Crippen LogP contribution in [0.1, 0.15) is 36.7 Å². The van der Waals surface area contributed by atoms with Crippen molar-refractivity contribution in [1.29, 1.82) is 0 Å². The van der Waals surface area contributed by atoms with E-state index in [0.29, 0.717) is 31.7 Å². The molecular formula is C28H34F3N3O3. The number of hydrogen-bond acceptors (Lipinski definition) is 5. The van der Waals surface area contributed by atoms with Crippen LogP contribution >= 0.6 is 0 Å². The lowest BCUT2D eigenvalue weighted by Gasteiger charge is -2.43. The molecule has 2 aliphatic rings. The normalized spacial score (nSPS) is 22.6. The van der Waals surface area contributed by atoms with Gasteiger partial charge in [0.25, 0.3) is 0 Å². The number of aliphatic hydroxyl groups excluding tert-OH is 1. The molecule has 1 fully saturated rings. The first-order chi connectivity index (χ1) is 17.7. The zero-order chi connectivity index (χ0) is 26.3. The standard InChI is InChI=1S/C28H34F3N3O3/c1-17-9-21-20-5-3-4-6-24(20)32-26(21)27(34(17)15-28(2,36)16-35)25-22(30)10-19(11-23(25)31)37-8-7-33-13-18(12-29)14-33/h3-6,10-11,17-18,27,32,35-36H,7-9,12-16H2,1-2H3/t17-,27-,28+/m1/s1. The van der Waals surface area contributed by atoms with Gasteiger partial charge < -0.3 is 19.9 Å². The van der Waals surface area contributed by atoms with E-state index in [1.54, 1.807) is 0 Å². The second-order valence-electron chi connectivity index (χ2n) is 10.8. The largest absolute Gasteiger partial charge is 0.492 e.